The fourth-order valence-corrected chi connectivity index (χ4v) is 0. The van der Waals surface area contributed by atoms with Crippen LogP contribution in [0.1, 0.15) is 0 Å². The van der Waals surface area contributed by atoms with Crippen LogP contribution in [0.4, 0.5) is 0 Å². The van der Waals surface area contributed by atoms with Gasteiger partial charge in [0, 0.05) is 0 Å². The van der Waals surface area contributed by atoms with Crippen LogP contribution in [-0.2, 0) is 30.8 Å². The van der Waals surface area contributed by atoms with Crippen molar-refractivity contribution in [3.63, 3.8) is 0 Å². The molecule has 2 N–H and O–H groups in total. The molecule has 0 aromatic heterocycles. The Balaban J connectivity index is -0.0000000267. The minimum Gasteiger partial charge on any atom is -0.822 e. The van der Waals surface area contributed by atoms with Crippen LogP contribution >= 0.6 is 7.82 Å². The van der Waals surface area contributed by atoms with Gasteiger partial charge in [0.05, 0.1) is 0 Å². The van der Waals surface area contributed by atoms with Crippen molar-refractivity contribution in [1.29, 1.82) is 0 Å². The predicted molar refractivity (Wildman–Crippen MR) is 11.2 cm³/mol. The first kappa shape index (κ1) is 22.5. The maximum absolute atomic E-state index is 8.55. The molecule has 5 nitrogen and oxygen atoms in total. The smallest absolute Gasteiger partial charge is 0.822 e. The van der Waals surface area contributed by atoms with Gasteiger partial charge in [0.15, 0.2) is 0 Å². The van der Waals surface area contributed by atoms with Gasteiger partial charge in [0.1, 0.15) is 0 Å². The van der Waals surface area contributed by atoms with Gasteiger partial charge in [-0.25, -0.2) is 0 Å². The Bertz CT molecular complexity index is 58.6. The Hall–Kier alpha value is 1.95. The Morgan fingerprint density at radius 3 is 1.12 bits per heavy atom. The summed E-state index contributed by atoms with van der Waals surface area (Å²) in [6, 6.07) is 0. The molecule has 0 fully saturated rings. The van der Waals surface area contributed by atoms with E-state index in [1.807, 2.05) is 0 Å². The van der Waals surface area contributed by atoms with Crippen LogP contribution in [0.3, 0.4) is 0 Å². The zero-order valence-electron chi connectivity index (χ0n) is 4.08. The number of rotatable bonds is 0. The molecule has 8 heavy (non-hydrogen) atoms. The van der Waals surface area contributed by atoms with Crippen molar-refractivity contribution in [3.05, 3.63) is 0 Å². The van der Waals surface area contributed by atoms with E-state index in [-0.39, 0.29) is 61.2 Å². The van der Waals surface area contributed by atoms with Gasteiger partial charge in [-0.05, 0) is 0 Å². The number of phosphoric acid groups is 1. The zero-order chi connectivity index (χ0) is 4.50. The van der Waals surface area contributed by atoms with Crippen molar-refractivity contribution in [2.75, 3.05) is 0 Å². The summed E-state index contributed by atoms with van der Waals surface area (Å²) < 4.78 is 8.55. The molecule has 0 aromatic rings. The summed E-state index contributed by atoms with van der Waals surface area (Å²) in [4.78, 5) is 25.6. The summed E-state index contributed by atoms with van der Waals surface area (Å²) in [5.41, 5.74) is 0. The van der Waals surface area contributed by atoms with Gasteiger partial charge in [0.25, 0.3) is 0 Å². The van der Waals surface area contributed by atoms with Crippen LogP contribution in [0.5, 0.6) is 0 Å². The first-order valence-electron chi connectivity index (χ1n) is 0.730. The van der Waals surface area contributed by atoms with E-state index in [1.165, 1.54) is 0 Å². The van der Waals surface area contributed by atoms with E-state index in [9.17, 15) is 0 Å². The third-order valence-corrected chi connectivity index (χ3v) is 0. The first-order valence-corrected chi connectivity index (χ1v) is 2.19. The van der Waals surface area contributed by atoms with Crippen molar-refractivity contribution in [2.45, 2.75) is 0 Å². The molecule has 0 saturated heterocycles. The second-order valence-corrected chi connectivity index (χ2v) is 1.34. The molecular weight excluding hydrogens is 225 g/mol. The maximum Gasteiger partial charge on any atom is 3.00 e. The minimum absolute atomic E-state index is 0. The van der Waals surface area contributed by atoms with E-state index in [2.05, 4.69) is 0 Å². The van der Waals surface area contributed by atoms with Gasteiger partial charge in [-0.3, -0.25) is 0 Å². The van der Waals surface area contributed by atoms with Crippen molar-refractivity contribution >= 4 is 7.82 Å². The summed E-state index contributed by atoms with van der Waals surface area (Å²) in [6.07, 6.45) is 0. The molecule has 41 valence electrons. The third kappa shape index (κ3) is 101. The van der Waals surface area contributed by atoms with Crippen LogP contribution < -0.4 is 44.2 Å². The van der Waals surface area contributed by atoms with Gasteiger partial charge >= 0.3 is 55.8 Å². The summed E-state index contributed by atoms with van der Waals surface area (Å²) in [5.74, 6) is 0. The zero-order valence-corrected chi connectivity index (χ0v) is 9.43. The average molecular weight is 227 g/mol. The van der Waals surface area contributed by atoms with E-state index in [0.717, 1.165) is 0 Å². The molecule has 0 heterocycles. The average Bonchev–Trinajstić information content (AvgIpc) is 0.722. The molecule has 0 unspecified atom stereocenters. The summed E-state index contributed by atoms with van der Waals surface area (Å²) in [6.45, 7) is 0. The predicted octanol–water partition coefficient (Wildman–Crippen LogP) is -6.65. The second-order valence-electron chi connectivity index (χ2n) is 0.447. The summed E-state index contributed by atoms with van der Waals surface area (Å²) >= 11 is 0. The van der Waals surface area contributed by atoms with Crippen molar-refractivity contribution in [2.24, 2.45) is 0 Å². The quantitative estimate of drug-likeness (QED) is 0.302. The molecule has 0 spiro atoms. The molecule has 0 aromatic carbocycles. The Kier molecular flexibility index (Phi) is 25.2. The van der Waals surface area contributed by atoms with Crippen LogP contribution in [0.25, 0.3) is 0 Å². The van der Waals surface area contributed by atoms with Gasteiger partial charge in [0.2, 0.25) is 0 Å². The van der Waals surface area contributed by atoms with E-state index in [1.54, 1.807) is 0 Å². The van der Waals surface area contributed by atoms with Gasteiger partial charge in [-0.15, -0.1) is 0 Å². The second kappa shape index (κ2) is 8.95. The van der Waals surface area contributed by atoms with Gasteiger partial charge in [-0.2, -0.15) is 7.82 Å². The molecule has 0 saturated carbocycles. The first-order chi connectivity index (χ1) is 2.00. The van der Waals surface area contributed by atoms with Crippen molar-refractivity contribution in [1.82, 2.24) is 0 Å². The fraction of sp³-hybridized carbons (Fsp3) is 0. The molecular formula is H2NaO5PZr+. The number of hydrogen-bond acceptors (Lipinski definition) is 4. The Labute approximate surface area is 87.4 Å². The Morgan fingerprint density at radius 1 is 1.12 bits per heavy atom. The molecule has 1 radical (unpaired) electrons. The van der Waals surface area contributed by atoms with Crippen molar-refractivity contribution in [3.8, 4) is 0 Å². The van der Waals surface area contributed by atoms with Gasteiger partial charge < -0.3 is 24.7 Å². The molecule has 0 amide bonds. The van der Waals surface area contributed by atoms with Crippen LogP contribution in [0, 0.1) is 0 Å². The summed E-state index contributed by atoms with van der Waals surface area (Å²) in [7, 11) is -5.39. The molecule has 0 aliphatic carbocycles. The molecule has 0 atom stereocenters. The summed E-state index contributed by atoms with van der Waals surface area (Å²) in [5, 5.41) is 0. The third-order valence-electron chi connectivity index (χ3n) is 0. The SMILES string of the molecule is O.O=P([O-])([O-])[O-].[Na+].[Zr+3]. The van der Waals surface area contributed by atoms with E-state index >= 15 is 0 Å². The maximum atomic E-state index is 8.55. The van der Waals surface area contributed by atoms with E-state index < -0.39 is 7.82 Å². The van der Waals surface area contributed by atoms with E-state index in [0.29, 0.717) is 0 Å². The minimum atomic E-state index is -5.39. The Morgan fingerprint density at radius 2 is 1.12 bits per heavy atom. The topological polar surface area (TPSA) is 118 Å². The van der Waals surface area contributed by atoms with Crippen LogP contribution in [0.15, 0.2) is 0 Å². The molecule has 0 bridgehead atoms. The standard InChI is InChI=1S/Na.H3O4P.H2O.Zr/c;1-5(2,3)4;;/h;(H3,1,2,3,4);1H2;/q+1;;;+3/p-3. The molecule has 0 aliphatic rings. The van der Waals surface area contributed by atoms with Crippen molar-refractivity contribution < 1.29 is 80.5 Å². The molecule has 0 aliphatic heterocycles. The molecule has 8 heteroatoms. The van der Waals surface area contributed by atoms with Crippen LogP contribution in [0.2, 0.25) is 0 Å². The number of hydrogen-bond donors (Lipinski definition) is 0. The fourth-order valence-electron chi connectivity index (χ4n) is 0. The monoisotopic (exact) mass is 226 g/mol. The largest absolute Gasteiger partial charge is 3.00 e. The van der Waals surface area contributed by atoms with Gasteiger partial charge in [-0.1, -0.05) is 0 Å². The van der Waals surface area contributed by atoms with E-state index in [4.69, 9.17) is 19.2 Å². The normalized spacial score (nSPS) is 7.38. The van der Waals surface area contributed by atoms with Crippen LogP contribution in [-0.4, -0.2) is 5.48 Å². The molecule has 0 rings (SSSR count).